The summed E-state index contributed by atoms with van der Waals surface area (Å²) in [5, 5.41) is 5.59. The maximum Gasteiger partial charge on any atom is 0.256 e. The summed E-state index contributed by atoms with van der Waals surface area (Å²) < 4.78 is 5.98. The Hall–Kier alpha value is -2.78. The molecule has 0 atom stereocenters. The molecule has 4 heteroatoms. The van der Waals surface area contributed by atoms with E-state index in [4.69, 9.17) is 16.3 Å². The first-order valence-corrected chi connectivity index (χ1v) is 9.38. The predicted octanol–water partition coefficient (Wildman–Crippen LogP) is 6.02. The van der Waals surface area contributed by atoms with E-state index in [1.54, 1.807) is 12.1 Å². The second-order valence-corrected chi connectivity index (χ2v) is 7.54. The molecule has 1 amide bonds. The molecule has 1 N–H and O–H groups in total. The molecular weight excluding hydrogens is 358 g/mol. The Bertz CT molecular complexity index is 1070. The Morgan fingerprint density at radius 3 is 2.63 bits per heavy atom. The third-order valence-corrected chi connectivity index (χ3v) is 4.79. The maximum absolute atomic E-state index is 12.5. The number of hydrogen-bond donors (Lipinski definition) is 1. The van der Waals surface area contributed by atoms with Crippen LogP contribution in [-0.4, -0.2) is 12.5 Å². The minimum atomic E-state index is -0.114. The standard InChI is InChI=1S/C23H20ClNO2/c1-14(2)13-27-22-10-7-15(17-5-3-4-6-19(17)22)11-20-18-9-8-16(24)12-21(18)25-23(20)26/h3-12,14H,13H2,1-2H3,(H,25,26)/b20-11+. The van der Waals surface area contributed by atoms with Crippen molar-refractivity contribution in [1.82, 2.24) is 0 Å². The van der Waals surface area contributed by atoms with E-state index < -0.39 is 0 Å². The third kappa shape index (κ3) is 3.43. The van der Waals surface area contributed by atoms with E-state index in [0.29, 0.717) is 23.1 Å². The fraction of sp³-hybridized carbons (Fsp3) is 0.174. The molecular formula is C23H20ClNO2. The van der Waals surface area contributed by atoms with Crippen LogP contribution in [0.3, 0.4) is 0 Å². The zero-order valence-electron chi connectivity index (χ0n) is 15.3. The monoisotopic (exact) mass is 377 g/mol. The van der Waals surface area contributed by atoms with Gasteiger partial charge in [-0.3, -0.25) is 4.79 Å². The zero-order chi connectivity index (χ0) is 19.0. The molecule has 3 aromatic carbocycles. The number of benzene rings is 3. The van der Waals surface area contributed by atoms with Gasteiger partial charge in [0.05, 0.1) is 12.3 Å². The molecule has 0 aromatic heterocycles. The minimum absolute atomic E-state index is 0.114. The van der Waals surface area contributed by atoms with Crippen molar-refractivity contribution in [1.29, 1.82) is 0 Å². The molecule has 3 aromatic rings. The number of hydrogen-bond acceptors (Lipinski definition) is 2. The molecule has 0 bridgehead atoms. The van der Waals surface area contributed by atoms with Crippen LogP contribution in [0.1, 0.15) is 25.0 Å². The molecule has 3 nitrogen and oxygen atoms in total. The summed E-state index contributed by atoms with van der Waals surface area (Å²) in [6.07, 6.45) is 1.93. The van der Waals surface area contributed by atoms with Gasteiger partial charge in [-0.25, -0.2) is 0 Å². The van der Waals surface area contributed by atoms with Crippen LogP contribution in [0.5, 0.6) is 5.75 Å². The lowest BCUT2D eigenvalue weighted by Crippen LogP contribution is -2.05. The van der Waals surface area contributed by atoms with E-state index in [2.05, 4.69) is 31.3 Å². The van der Waals surface area contributed by atoms with Crippen molar-refractivity contribution in [3.8, 4) is 5.75 Å². The van der Waals surface area contributed by atoms with Gasteiger partial charge in [0, 0.05) is 21.5 Å². The van der Waals surface area contributed by atoms with E-state index in [9.17, 15) is 4.79 Å². The van der Waals surface area contributed by atoms with Gasteiger partial charge in [-0.15, -0.1) is 0 Å². The van der Waals surface area contributed by atoms with Crippen molar-refractivity contribution in [3.63, 3.8) is 0 Å². The summed E-state index contributed by atoms with van der Waals surface area (Å²) in [5.41, 5.74) is 3.24. The van der Waals surface area contributed by atoms with Gasteiger partial charge in [0.15, 0.2) is 0 Å². The third-order valence-electron chi connectivity index (χ3n) is 4.55. The SMILES string of the molecule is CC(C)COc1ccc(/C=C2/C(=O)Nc3cc(Cl)ccc32)c2ccccc12. The number of carbonyl (C=O) groups is 1. The highest BCUT2D eigenvalue weighted by Crippen LogP contribution is 2.37. The van der Waals surface area contributed by atoms with Crippen LogP contribution in [0.2, 0.25) is 5.02 Å². The number of fused-ring (bicyclic) bond motifs is 2. The summed E-state index contributed by atoms with van der Waals surface area (Å²) >= 11 is 6.04. The summed E-state index contributed by atoms with van der Waals surface area (Å²) in [6, 6.07) is 17.5. The molecule has 1 heterocycles. The number of anilines is 1. The molecule has 0 aliphatic carbocycles. The van der Waals surface area contributed by atoms with Crippen LogP contribution in [0.15, 0.2) is 54.6 Å². The van der Waals surface area contributed by atoms with Gasteiger partial charge in [0.25, 0.3) is 5.91 Å². The van der Waals surface area contributed by atoms with E-state index in [1.165, 1.54) is 0 Å². The molecule has 0 saturated carbocycles. The quantitative estimate of drug-likeness (QED) is 0.564. The molecule has 1 aliphatic rings. The number of amides is 1. The van der Waals surface area contributed by atoms with Crippen molar-refractivity contribution in [2.75, 3.05) is 11.9 Å². The van der Waals surface area contributed by atoms with E-state index in [0.717, 1.165) is 33.3 Å². The van der Waals surface area contributed by atoms with Crippen molar-refractivity contribution in [2.45, 2.75) is 13.8 Å². The first-order valence-electron chi connectivity index (χ1n) is 9.00. The van der Waals surface area contributed by atoms with Crippen LogP contribution in [0.4, 0.5) is 5.69 Å². The molecule has 0 saturated heterocycles. The second-order valence-electron chi connectivity index (χ2n) is 7.11. The second kappa shape index (κ2) is 7.09. The lowest BCUT2D eigenvalue weighted by molar-refractivity contribution is -0.110. The minimum Gasteiger partial charge on any atom is -0.493 e. The first kappa shape index (κ1) is 17.6. The lowest BCUT2D eigenvalue weighted by Gasteiger charge is -2.13. The Morgan fingerprint density at radius 1 is 1.07 bits per heavy atom. The maximum atomic E-state index is 12.5. The molecule has 0 fully saturated rings. The fourth-order valence-electron chi connectivity index (χ4n) is 3.27. The highest BCUT2D eigenvalue weighted by molar-refractivity contribution is 6.37. The predicted molar refractivity (Wildman–Crippen MR) is 112 cm³/mol. The molecule has 1 aliphatic heterocycles. The molecule has 27 heavy (non-hydrogen) atoms. The Kier molecular flexibility index (Phi) is 4.63. The highest BCUT2D eigenvalue weighted by atomic mass is 35.5. The van der Waals surface area contributed by atoms with E-state index >= 15 is 0 Å². The summed E-state index contributed by atoms with van der Waals surface area (Å²) in [6.45, 7) is 4.92. The summed E-state index contributed by atoms with van der Waals surface area (Å²) in [4.78, 5) is 12.5. The number of halogens is 1. The lowest BCUT2D eigenvalue weighted by atomic mass is 9.99. The average Bonchev–Trinajstić information content (AvgIpc) is 2.95. The Balaban J connectivity index is 1.81. The van der Waals surface area contributed by atoms with Crippen molar-refractivity contribution < 1.29 is 9.53 Å². The van der Waals surface area contributed by atoms with Gasteiger partial charge < -0.3 is 10.1 Å². The summed E-state index contributed by atoms with van der Waals surface area (Å²) in [5.74, 6) is 1.21. The number of rotatable bonds is 4. The van der Waals surface area contributed by atoms with Crippen LogP contribution < -0.4 is 10.1 Å². The largest absolute Gasteiger partial charge is 0.493 e. The average molecular weight is 378 g/mol. The van der Waals surface area contributed by atoms with E-state index in [1.807, 2.05) is 36.4 Å². The van der Waals surface area contributed by atoms with Gasteiger partial charge in [-0.1, -0.05) is 61.8 Å². The van der Waals surface area contributed by atoms with Crippen LogP contribution in [0.25, 0.3) is 22.4 Å². The number of nitrogens with one attached hydrogen (secondary N) is 1. The highest BCUT2D eigenvalue weighted by Gasteiger charge is 2.24. The fourth-order valence-corrected chi connectivity index (χ4v) is 3.44. The topological polar surface area (TPSA) is 38.3 Å². The Morgan fingerprint density at radius 2 is 1.85 bits per heavy atom. The molecule has 0 radical (unpaired) electrons. The van der Waals surface area contributed by atoms with Gasteiger partial charge in [-0.05, 0) is 41.1 Å². The van der Waals surface area contributed by atoms with Gasteiger partial charge in [-0.2, -0.15) is 0 Å². The van der Waals surface area contributed by atoms with Crippen LogP contribution >= 0.6 is 11.6 Å². The molecule has 0 unspecified atom stereocenters. The van der Waals surface area contributed by atoms with Crippen molar-refractivity contribution >= 4 is 45.6 Å². The van der Waals surface area contributed by atoms with Crippen LogP contribution in [-0.2, 0) is 4.79 Å². The zero-order valence-corrected chi connectivity index (χ0v) is 16.0. The van der Waals surface area contributed by atoms with Crippen molar-refractivity contribution in [2.24, 2.45) is 5.92 Å². The van der Waals surface area contributed by atoms with Gasteiger partial charge in [0.1, 0.15) is 5.75 Å². The van der Waals surface area contributed by atoms with Gasteiger partial charge >= 0.3 is 0 Å². The van der Waals surface area contributed by atoms with Gasteiger partial charge in [0.2, 0.25) is 0 Å². The van der Waals surface area contributed by atoms with Crippen molar-refractivity contribution in [3.05, 3.63) is 70.7 Å². The molecule has 0 spiro atoms. The smallest absolute Gasteiger partial charge is 0.256 e. The Labute approximate surface area is 163 Å². The number of carbonyl (C=O) groups excluding carboxylic acids is 1. The van der Waals surface area contributed by atoms with Crippen LogP contribution in [0, 0.1) is 5.92 Å². The van der Waals surface area contributed by atoms with E-state index in [-0.39, 0.29) is 5.91 Å². The number of ether oxygens (including phenoxy) is 1. The molecule has 136 valence electrons. The normalized spacial score (nSPS) is 14.7. The molecule has 4 rings (SSSR count). The first-order chi connectivity index (χ1) is 13.0. The summed E-state index contributed by atoms with van der Waals surface area (Å²) in [7, 11) is 0.